The molecule has 0 saturated carbocycles. The Morgan fingerprint density at radius 3 is 1.59 bits per heavy atom. The molecule has 1 aliphatic carbocycles. The summed E-state index contributed by atoms with van der Waals surface area (Å²) in [5.74, 6) is 1.91. The predicted octanol–water partition coefficient (Wildman–Crippen LogP) is 16.2. The summed E-state index contributed by atoms with van der Waals surface area (Å²) < 4.78 is 2.50. The lowest BCUT2D eigenvalue weighted by atomic mass is 9.82. The van der Waals surface area contributed by atoms with Gasteiger partial charge in [-0.3, -0.25) is 0 Å². The molecule has 2 aromatic heterocycles. The Bertz CT molecular complexity index is 3570. The van der Waals surface area contributed by atoms with Crippen molar-refractivity contribution in [2.45, 2.75) is 19.3 Å². The summed E-state index contributed by atoms with van der Waals surface area (Å²) in [6.07, 6.45) is 0. The normalized spacial score (nSPS) is 12.7. The standard InChI is InChI=1S/C60H41N3S/c1-60(2)52-25-12-11-22-47(52)50-36-44(31-33-53(50)60)42-19-13-20-45(35-42)58-61-57(41-17-7-4-8-18-41)62-59(63-58)49-23-10-9-21-46(49)48-24-14-26-55-56(48)51-37-43(32-34-54(51)64-55)40-29-27-39(28-30-40)38-15-5-3-6-16-38/h3-37H,1-2H3. The van der Waals surface area contributed by atoms with E-state index in [0.29, 0.717) is 17.5 Å². The third-order valence-electron chi connectivity index (χ3n) is 13.0. The summed E-state index contributed by atoms with van der Waals surface area (Å²) in [5.41, 5.74) is 17.5. The molecule has 3 nitrogen and oxygen atoms in total. The maximum atomic E-state index is 5.32. The molecule has 0 unspecified atom stereocenters. The smallest absolute Gasteiger partial charge is 0.164 e. The monoisotopic (exact) mass is 835 g/mol. The van der Waals surface area contributed by atoms with Gasteiger partial charge in [-0.25, -0.2) is 15.0 Å². The first-order chi connectivity index (χ1) is 31.5. The Labute approximate surface area is 377 Å². The molecule has 302 valence electrons. The molecule has 0 fully saturated rings. The van der Waals surface area contributed by atoms with Crippen molar-refractivity contribution in [2.24, 2.45) is 0 Å². The second kappa shape index (κ2) is 15.2. The first kappa shape index (κ1) is 37.9. The van der Waals surface area contributed by atoms with Crippen molar-refractivity contribution in [3.63, 3.8) is 0 Å². The van der Waals surface area contributed by atoms with Crippen molar-refractivity contribution in [2.75, 3.05) is 0 Å². The number of fused-ring (bicyclic) bond motifs is 6. The van der Waals surface area contributed by atoms with Crippen molar-refractivity contribution >= 4 is 31.5 Å². The van der Waals surface area contributed by atoms with E-state index in [-0.39, 0.29) is 5.41 Å². The zero-order valence-corrected chi connectivity index (χ0v) is 36.3. The fourth-order valence-electron chi connectivity index (χ4n) is 9.71. The van der Waals surface area contributed by atoms with Crippen LogP contribution in [0.5, 0.6) is 0 Å². The Hall–Kier alpha value is -7.79. The summed E-state index contributed by atoms with van der Waals surface area (Å²) in [4.78, 5) is 15.7. The molecule has 0 spiro atoms. The van der Waals surface area contributed by atoms with Crippen LogP contribution >= 0.6 is 11.3 Å². The number of nitrogens with zero attached hydrogens (tertiary/aromatic N) is 3. The quantitative estimate of drug-likeness (QED) is 0.161. The number of rotatable bonds is 7. The highest BCUT2D eigenvalue weighted by molar-refractivity contribution is 7.26. The van der Waals surface area contributed by atoms with Crippen LogP contribution in [0.25, 0.3) is 110 Å². The number of aromatic nitrogens is 3. The average molecular weight is 836 g/mol. The highest BCUT2D eigenvalue weighted by atomic mass is 32.1. The van der Waals surface area contributed by atoms with Gasteiger partial charge in [0.2, 0.25) is 0 Å². The van der Waals surface area contributed by atoms with Crippen molar-refractivity contribution in [3.8, 4) is 89.8 Å². The van der Waals surface area contributed by atoms with Crippen LogP contribution in [0.2, 0.25) is 0 Å². The lowest BCUT2D eigenvalue weighted by molar-refractivity contribution is 0.660. The first-order valence-electron chi connectivity index (χ1n) is 21.8. The molecule has 9 aromatic carbocycles. The van der Waals surface area contributed by atoms with Crippen LogP contribution in [0.15, 0.2) is 212 Å². The van der Waals surface area contributed by atoms with Crippen LogP contribution < -0.4 is 0 Å². The van der Waals surface area contributed by atoms with Gasteiger partial charge < -0.3 is 0 Å². The van der Waals surface area contributed by atoms with Crippen molar-refractivity contribution in [1.29, 1.82) is 0 Å². The van der Waals surface area contributed by atoms with Gasteiger partial charge in [0.15, 0.2) is 17.5 Å². The molecule has 0 radical (unpaired) electrons. The van der Waals surface area contributed by atoms with Crippen LogP contribution in [0.4, 0.5) is 0 Å². The summed E-state index contributed by atoms with van der Waals surface area (Å²) in [6.45, 7) is 4.65. The van der Waals surface area contributed by atoms with Crippen LogP contribution in [0, 0.1) is 0 Å². The highest BCUT2D eigenvalue weighted by Crippen LogP contribution is 2.50. The zero-order chi connectivity index (χ0) is 42.8. The van der Waals surface area contributed by atoms with Crippen LogP contribution in [0.3, 0.4) is 0 Å². The van der Waals surface area contributed by atoms with Crippen LogP contribution in [-0.2, 0) is 5.41 Å². The summed E-state index contributed by atoms with van der Waals surface area (Å²) >= 11 is 1.84. The van der Waals surface area contributed by atoms with Gasteiger partial charge in [-0.2, -0.15) is 0 Å². The van der Waals surface area contributed by atoms with E-state index in [4.69, 9.17) is 15.0 Å². The largest absolute Gasteiger partial charge is 0.208 e. The molecule has 1 aliphatic rings. The summed E-state index contributed by atoms with van der Waals surface area (Å²) in [5, 5.41) is 2.48. The van der Waals surface area contributed by atoms with Gasteiger partial charge >= 0.3 is 0 Å². The first-order valence-corrected chi connectivity index (χ1v) is 22.7. The lowest BCUT2D eigenvalue weighted by Crippen LogP contribution is -2.14. The maximum absolute atomic E-state index is 5.32. The van der Waals surface area contributed by atoms with Crippen molar-refractivity contribution < 1.29 is 0 Å². The molecule has 11 aromatic rings. The van der Waals surface area contributed by atoms with Crippen LogP contribution in [0.1, 0.15) is 25.0 Å². The van der Waals surface area contributed by atoms with E-state index in [9.17, 15) is 0 Å². The van der Waals surface area contributed by atoms with E-state index < -0.39 is 0 Å². The minimum atomic E-state index is -0.0430. The number of hydrogen-bond donors (Lipinski definition) is 0. The number of benzene rings is 9. The number of hydrogen-bond acceptors (Lipinski definition) is 4. The Morgan fingerprint density at radius 2 is 0.812 bits per heavy atom. The predicted molar refractivity (Wildman–Crippen MR) is 268 cm³/mol. The fourth-order valence-corrected chi connectivity index (χ4v) is 10.8. The average Bonchev–Trinajstić information content (AvgIpc) is 3.85. The molecule has 4 heteroatoms. The Balaban J connectivity index is 0.973. The van der Waals surface area contributed by atoms with E-state index in [2.05, 4.69) is 208 Å². The SMILES string of the molecule is CC1(C)c2ccccc2-c2cc(-c3cccc(-c4nc(-c5ccccc5)nc(-c5ccccc5-c5cccc6sc7ccc(-c8ccc(-c9ccccc9)cc8)cc7c56)n4)c3)ccc21. The van der Waals surface area contributed by atoms with Gasteiger partial charge in [0.05, 0.1) is 0 Å². The van der Waals surface area contributed by atoms with Gasteiger partial charge in [0.25, 0.3) is 0 Å². The third-order valence-corrected chi connectivity index (χ3v) is 14.1. The highest BCUT2D eigenvalue weighted by Gasteiger charge is 2.35. The Kier molecular flexibility index (Phi) is 9.03. The fraction of sp³-hybridized carbons (Fsp3) is 0.0500. The molecular formula is C60H41N3S. The Morgan fingerprint density at radius 1 is 0.312 bits per heavy atom. The molecule has 12 rings (SSSR count). The van der Waals surface area contributed by atoms with E-state index in [1.54, 1.807) is 0 Å². The van der Waals surface area contributed by atoms with E-state index in [1.165, 1.54) is 70.2 Å². The topological polar surface area (TPSA) is 38.7 Å². The van der Waals surface area contributed by atoms with E-state index in [0.717, 1.165) is 33.4 Å². The molecule has 2 heterocycles. The molecule has 0 bridgehead atoms. The molecule has 64 heavy (non-hydrogen) atoms. The van der Waals surface area contributed by atoms with Crippen molar-refractivity contribution in [3.05, 3.63) is 223 Å². The van der Waals surface area contributed by atoms with Gasteiger partial charge in [-0.15, -0.1) is 11.3 Å². The van der Waals surface area contributed by atoms with E-state index in [1.807, 2.05) is 29.5 Å². The molecule has 0 N–H and O–H groups in total. The summed E-state index contributed by atoms with van der Waals surface area (Å²) in [7, 11) is 0. The lowest BCUT2D eigenvalue weighted by Gasteiger charge is -2.21. The van der Waals surface area contributed by atoms with Crippen molar-refractivity contribution in [1.82, 2.24) is 15.0 Å². The molecular weight excluding hydrogens is 795 g/mol. The molecule has 0 aliphatic heterocycles. The minimum Gasteiger partial charge on any atom is -0.208 e. The third kappa shape index (κ3) is 6.45. The minimum absolute atomic E-state index is 0.0430. The molecule has 0 saturated heterocycles. The van der Waals surface area contributed by atoms with E-state index >= 15 is 0 Å². The second-order valence-electron chi connectivity index (χ2n) is 17.2. The molecule has 0 amide bonds. The molecule has 0 atom stereocenters. The van der Waals surface area contributed by atoms with Crippen LogP contribution in [-0.4, -0.2) is 15.0 Å². The van der Waals surface area contributed by atoms with Gasteiger partial charge in [0.1, 0.15) is 0 Å². The number of thiophene rings is 1. The van der Waals surface area contributed by atoms with Gasteiger partial charge in [0, 0.05) is 42.3 Å². The van der Waals surface area contributed by atoms with Gasteiger partial charge in [-0.1, -0.05) is 196 Å². The summed E-state index contributed by atoms with van der Waals surface area (Å²) in [6, 6.07) is 76.2. The van der Waals surface area contributed by atoms with Gasteiger partial charge in [-0.05, 0) is 97.1 Å². The maximum Gasteiger partial charge on any atom is 0.164 e. The zero-order valence-electron chi connectivity index (χ0n) is 35.5. The second-order valence-corrected chi connectivity index (χ2v) is 18.2.